The van der Waals surface area contributed by atoms with Gasteiger partial charge in [-0.1, -0.05) is 30.3 Å². The van der Waals surface area contributed by atoms with Crippen molar-refractivity contribution >= 4 is 16.6 Å². The van der Waals surface area contributed by atoms with Crippen LogP contribution >= 0.6 is 0 Å². The second-order valence-corrected chi connectivity index (χ2v) is 3.89. The number of benzene rings is 2. The van der Waals surface area contributed by atoms with Crippen molar-refractivity contribution in [3.8, 4) is 0 Å². The Morgan fingerprint density at radius 1 is 1.18 bits per heavy atom. The molecule has 0 unspecified atom stereocenters. The number of carbonyl (C=O) groups excluding carboxylic acids is 1. The maximum atomic E-state index is 13.6. The second-order valence-electron chi connectivity index (χ2n) is 3.89. The molecule has 2 heteroatoms. The van der Waals surface area contributed by atoms with E-state index in [9.17, 15) is 9.18 Å². The van der Waals surface area contributed by atoms with E-state index < -0.39 is 0 Å². The molecule has 2 rings (SSSR count). The topological polar surface area (TPSA) is 17.1 Å². The van der Waals surface area contributed by atoms with Gasteiger partial charge in [0.05, 0.1) is 0 Å². The van der Waals surface area contributed by atoms with Crippen LogP contribution in [0.25, 0.3) is 10.8 Å². The number of hydrogen-bond donors (Lipinski definition) is 0. The smallest absolute Gasteiger partial charge is 0.163 e. The zero-order valence-corrected chi connectivity index (χ0v) is 9.45. The van der Waals surface area contributed by atoms with Crippen molar-refractivity contribution in [3.63, 3.8) is 0 Å². The van der Waals surface area contributed by atoms with Crippen LogP contribution < -0.4 is 0 Å². The molecular formula is C15H13FO. The van der Waals surface area contributed by atoms with Gasteiger partial charge in [-0.25, -0.2) is 4.39 Å². The van der Waals surface area contributed by atoms with Gasteiger partial charge in [0.25, 0.3) is 0 Å². The number of halogens is 1. The zero-order chi connectivity index (χ0) is 12.3. The van der Waals surface area contributed by atoms with Crippen LogP contribution in [0.3, 0.4) is 0 Å². The van der Waals surface area contributed by atoms with E-state index in [-0.39, 0.29) is 11.6 Å². The van der Waals surface area contributed by atoms with Crippen LogP contribution in [-0.4, -0.2) is 5.78 Å². The van der Waals surface area contributed by atoms with E-state index in [1.807, 2.05) is 6.07 Å². The zero-order valence-electron chi connectivity index (χ0n) is 9.45. The standard InChI is InChI=1S/C15H13FO/c1-2-3-8-15(17)13-9-10-14(16)12-7-5-4-6-11(12)13/h2,4-7,9-10H,1,3,8H2. The highest BCUT2D eigenvalue weighted by molar-refractivity contribution is 6.08. The molecular weight excluding hydrogens is 215 g/mol. The quantitative estimate of drug-likeness (QED) is 0.568. The molecule has 0 fully saturated rings. The van der Waals surface area contributed by atoms with Crippen LogP contribution in [0.5, 0.6) is 0 Å². The lowest BCUT2D eigenvalue weighted by Gasteiger charge is -2.05. The second kappa shape index (κ2) is 4.91. The Kier molecular flexibility index (Phi) is 3.33. The lowest BCUT2D eigenvalue weighted by molar-refractivity contribution is 0.0985. The molecule has 2 aromatic rings. The van der Waals surface area contributed by atoms with E-state index in [2.05, 4.69) is 6.58 Å². The van der Waals surface area contributed by atoms with E-state index >= 15 is 0 Å². The average molecular weight is 228 g/mol. The minimum absolute atomic E-state index is 0.0288. The Balaban J connectivity index is 2.51. The van der Waals surface area contributed by atoms with Crippen molar-refractivity contribution in [2.24, 2.45) is 0 Å². The van der Waals surface area contributed by atoms with E-state index in [1.165, 1.54) is 6.07 Å². The minimum atomic E-state index is -0.291. The number of allylic oxidation sites excluding steroid dienone is 1. The molecule has 0 aliphatic carbocycles. The Morgan fingerprint density at radius 2 is 1.88 bits per heavy atom. The van der Waals surface area contributed by atoms with Gasteiger partial charge >= 0.3 is 0 Å². The number of rotatable bonds is 4. The first-order chi connectivity index (χ1) is 8.24. The summed E-state index contributed by atoms with van der Waals surface area (Å²) < 4.78 is 13.6. The summed E-state index contributed by atoms with van der Waals surface area (Å²) in [5.74, 6) is -0.262. The molecule has 2 aromatic carbocycles. The maximum Gasteiger partial charge on any atom is 0.163 e. The number of Topliss-reactive ketones (excluding diaryl/α,β-unsaturated/α-hetero) is 1. The van der Waals surface area contributed by atoms with Crippen molar-refractivity contribution in [2.75, 3.05) is 0 Å². The Bertz CT molecular complexity index is 572. The molecule has 0 aliphatic heterocycles. The first-order valence-electron chi connectivity index (χ1n) is 5.55. The van der Waals surface area contributed by atoms with Crippen LogP contribution in [0.2, 0.25) is 0 Å². The molecule has 0 saturated heterocycles. The fraction of sp³-hybridized carbons (Fsp3) is 0.133. The van der Waals surface area contributed by atoms with Crippen molar-refractivity contribution in [3.05, 3.63) is 60.4 Å². The first-order valence-corrected chi connectivity index (χ1v) is 5.55. The molecule has 0 aliphatic rings. The molecule has 0 heterocycles. The van der Waals surface area contributed by atoms with Crippen molar-refractivity contribution in [1.82, 2.24) is 0 Å². The summed E-state index contributed by atoms with van der Waals surface area (Å²) in [6, 6.07) is 9.95. The van der Waals surface area contributed by atoms with Crippen molar-refractivity contribution in [2.45, 2.75) is 12.8 Å². The third-order valence-corrected chi connectivity index (χ3v) is 2.75. The molecule has 0 aromatic heterocycles. The SMILES string of the molecule is C=CCCC(=O)c1ccc(F)c2ccccc12. The van der Waals surface area contributed by atoms with Gasteiger partial charge in [-0.05, 0) is 23.9 Å². The van der Waals surface area contributed by atoms with Gasteiger partial charge < -0.3 is 0 Å². The fourth-order valence-corrected chi connectivity index (χ4v) is 1.87. The molecule has 0 amide bonds. The summed E-state index contributed by atoms with van der Waals surface area (Å²) in [4.78, 5) is 12.0. The number of hydrogen-bond acceptors (Lipinski definition) is 1. The van der Waals surface area contributed by atoms with Crippen molar-refractivity contribution in [1.29, 1.82) is 0 Å². The van der Waals surface area contributed by atoms with Crippen LogP contribution in [0.1, 0.15) is 23.2 Å². The minimum Gasteiger partial charge on any atom is -0.294 e. The average Bonchev–Trinajstić information content (AvgIpc) is 2.37. The monoisotopic (exact) mass is 228 g/mol. The Labute approximate surface area is 99.6 Å². The van der Waals surface area contributed by atoms with Crippen LogP contribution in [0.4, 0.5) is 4.39 Å². The summed E-state index contributed by atoms with van der Waals surface area (Å²) in [6.45, 7) is 3.59. The molecule has 0 atom stereocenters. The normalized spacial score (nSPS) is 10.4. The third kappa shape index (κ3) is 2.26. The van der Waals surface area contributed by atoms with Gasteiger partial charge in [0.2, 0.25) is 0 Å². The highest BCUT2D eigenvalue weighted by Gasteiger charge is 2.11. The maximum absolute atomic E-state index is 13.6. The molecule has 0 N–H and O–H groups in total. The van der Waals surface area contributed by atoms with Crippen molar-refractivity contribution < 1.29 is 9.18 Å². The van der Waals surface area contributed by atoms with Crippen LogP contribution in [0.15, 0.2) is 49.1 Å². The molecule has 0 radical (unpaired) electrons. The number of ketones is 1. The Morgan fingerprint density at radius 3 is 2.59 bits per heavy atom. The largest absolute Gasteiger partial charge is 0.294 e. The summed E-state index contributed by atoms with van der Waals surface area (Å²) in [6.07, 6.45) is 2.77. The third-order valence-electron chi connectivity index (χ3n) is 2.75. The summed E-state index contributed by atoms with van der Waals surface area (Å²) in [5, 5.41) is 1.18. The highest BCUT2D eigenvalue weighted by atomic mass is 19.1. The number of carbonyl (C=O) groups is 1. The number of fused-ring (bicyclic) bond motifs is 1. The predicted molar refractivity (Wildman–Crippen MR) is 67.7 cm³/mol. The molecule has 17 heavy (non-hydrogen) atoms. The lowest BCUT2D eigenvalue weighted by atomic mass is 9.99. The molecule has 1 nitrogen and oxygen atoms in total. The van der Waals surface area contributed by atoms with Gasteiger partial charge in [-0.15, -0.1) is 6.58 Å². The molecule has 86 valence electrons. The van der Waals surface area contributed by atoms with E-state index in [0.29, 0.717) is 29.2 Å². The Hall–Kier alpha value is -1.96. The lowest BCUT2D eigenvalue weighted by Crippen LogP contribution is -2.00. The van der Waals surface area contributed by atoms with Gasteiger partial charge in [-0.3, -0.25) is 4.79 Å². The molecule has 0 spiro atoms. The predicted octanol–water partition coefficient (Wildman–Crippen LogP) is 4.13. The summed E-state index contributed by atoms with van der Waals surface area (Å²) in [5.41, 5.74) is 0.587. The summed E-state index contributed by atoms with van der Waals surface area (Å²) >= 11 is 0. The highest BCUT2D eigenvalue weighted by Crippen LogP contribution is 2.23. The fourth-order valence-electron chi connectivity index (χ4n) is 1.87. The van der Waals surface area contributed by atoms with Gasteiger partial charge in [0.1, 0.15) is 5.82 Å². The molecule has 0 saturated carbocycles. The first kappa shape index (κ1) is 11.5. The van der Waals surface area contributed by atoms with E-state index in [0.717, 1.165) is 0 Å². The van der Waals surface area contributed by atoms with Crippen LogP contribution in [-0.2, 0) is 0 Å². The molecule has 0 bridgehead atoms. The summed E-state index contributed by atoms with van der Waals surface area (Å²) in [7, 11) is 0. The van der Waals surface area contributed by atoms with Crippen LogP contribution in [0, 0.1) is 5.82 Å². The van der Waals surface area contributed by atoms with Gasteiger partial charge in [-0.2, -0.15) is 0 Å². The van der Waals surface area contributed by atoms with E-state index in [4.69, 9.17) is 0 Å². The van der Waals surface area contributed by atoms with Gasteiger partial charge in [0.15, 0.2) is 5.78 Å². The van der Waals surface area contributed by atoms with E-state index in [1.54, 1.807) is 30.3 Å². The van der Waals surface area contributed by atoms with Gasteiger partial charge in [0, 0.05) is 17.4 Å².